The van der Waals surface area contributed by atoms with Crippen molar-refractivity contribution in [2.24, 2.45) is 0 Å². The minimum atomic E-state index is -0.0469. The second-order valence-corrected chi connectivity index (χ2v) is 3.21. The Labute approximate surface area is 82.6 Å². The summed E-state index contributed by atoms with van der Waals surface area (Å²) in [5.41, 5.74) is 6.31. The van der Waals surface area contributed by atoms with Crippen molar-refractivity contribution in [3.8, 4) is 11.5 Å². The van der Waals surface area contributed by atoms with Gasteiger partial charge in [-0.3, -0.25) is 0 Å². The van der Waals surface area contributed by atoms with Crippen LogP contribution in [-0.4, -0.2) is 26.4 Å². The van der Waals surface area contributed by atoms with E-state index in [1.807, 2.05) is 6.07 Å². The summed E-state index contributed by atoms with van der Waals surface area (Å²) in [6.45, 7) is 1.04. The van der Waals surface area contributed by atoms with Crippen molar-refractivity contribution in [1.29, 1.82) is 0 Å². The van der Waals surface area contributed by atoms with E-state index in [9.17, 15) is 0 Å². The lowest BCUT2D eigenvalue weighted by atomic mass is 10.2. The predicted molar refractivity (Wildman–Crippen MR) is 52.6 cm³/mol. The summed E-state index contributed by atoms with van der Waals surface area (Å²) in [6.07, 6.45) is -0.0469. The van der Waals surface area contributed by atoms with Crippen molar-refractivity contribution in [1.82, 2.24) is 0 Å². The van der Waals surface area contributed by atoms with Gasteiger partial charge in [0, 0.05) is 18.9 Å². The van der Waals surface area contributed by atoms with Crippen LogP contribution in [0.4, 0.5) is 5.69 Å². The average Bonchev–Trinajstić information content (AvgIpc) is 2.17. The Hall–Kier alpha value is -1.42. The fourth-order valence-electron chi connectivity index (χ4n) is 1.40. The second kappa shape index (κ2) is 3.75. The number of nitrogen functional groups attached to an aromatic ring is 1. The molecule has 76 valence electrons. The standard InChI is InChI=1S/C10H13NO3/c1-12-5-8-6-13-9-3-2-7(11)4-10(9)14-8/h2-4,8H,5-6,11H2,1H3/t8-/m1/s1. The molecule has 0 saturated carbocycles. The molecule has 0 amide bonds. The summed E-state index contributed by atoms with van der Waals surface area (Å²) in [7, 11) is 1.64. The third-order valence-corrected chi connectivity index (χ3v) is 2.04. The Balaban J connectivity index is 2.16. The number of methoxy groups -OCH3 is 1. The molecular weight excluding hydrogens is 182 g/mol. The van der Waals surface area contributed by atoms with Crippen LogP contribution in [0.3, 0.4) is 0 Å². The molecule has 0 radical (unpaired) electrons. The third-order valence-electron chi connectivity index (χ3n) is 2.04. The number of ether oxygens (including phenoxy) is 3. The van der Waals surface area contributed by atoms with Gasteiger partial charge in [-0.15, -0.1) is 0 Å². The van der Waals surface area contributed by atoms with Crippen molar-refractivity contribution in [3.05, 3.63) is 18.2 Å². The zero-order valence-corrected chi connectivity index (χ0v) is 8.03. The van der Waals surface area contributed by atoms with Gasteiger partial charge in [0.05, 0.1) is 6.61 Å². The van der Waals surface area contributed by atoms with Gasteiger partial charge in [-0.1, -0.05) is 0 Å². The van der Waals surface area contributed by atoms with Gasteiger partial charge in [0.2, 0.25) is 0 Å². The number of nitrogens with two attached hydrogens (primary N) is 1. The third kappa shape index (κ3) is 1.75. The maximum absolute atomic E-state index is 5.63. The molecule has 0 aliphatic carbocycles. The Kier molecular flexibility index (Phi) is 2.45. The van der Waals surface area contributed by atoms with Crippen LogP contribution in [0.1, 0.15) is 0 Å². The van der Waals surface area contributed by atoms with E-state index in [0.29, 0.717) is 24.7 Å². The quantitative estimate of drug-likeness (QED) is 0.717. The minimum absolute atomic E-state index is 0.0469. The van der Waals surface area contributed by atoms with Crippen molar-refractivity contribution in [2.45, 2.75) is 6.10 Å². The molecule has 1 aliphatic rings. The Morgan fingerprint density at radius 2 is 2.36 bits per heavy atom. The van der Waals surface area contributed by atoms with Crippen molar-refractivity contribution < 1.29 is 14.2 Å². The normalized spacial score (nSPS) is 19.4. The maximum Gasteiger partial charge on any atom is 0.163 e. The van der Waals surface area contributed by atoms with Gasteiger partial charge in [0.15, 0.2) is 17.6 Å². The van der Waals surface area contributed by atoms with Gasteiger partial charge in [-0.2, -0.15) is 0 Å². The maximum atomic E-state index is 5.63. The van der Waals surface area contributed by atoms with Crippen LogP contribution in [0.15, 0.2) is 18.2 Å². The highest BCUT2D eigenvalue weighted by atomic mass is 16.6. The largest absolute Gasteiger partial charge is 0.486 e. The number of hydrogen-bond donors (Lipinski definition) is 1. The molecule has 2 N–H and O–H groups in total. The zero-order valence-electron chi connectivity index (χ0n) is 8.03. The van der Waals surface area contributed by atoms with Crippen LogP contribution in [0.2, 0.25) is 0 Å². The molecule has 1 aliphatic heterocycles. The van der Waals surface area contributed by atoms with E-state index >= 15 is 0 Å². The number of fused-ring (bicyclic) bond motifs is 1. The van der Waals surface area contributed by atoms with Gasteiger partial charge in [0.1, 0.15) is 6.61 Å². The smallest absolute Gasteiger partial charge is 0.163 e. The van der Waals surface area contributed by atoms with E-state index in [2.05, 4.69) is 0 Å². The molecule has 0 bridgehead atoms. The summed E-state index contributed by atoms with van der Waals surface area (Å²) < 4.78 is 16.1. The first-order valence-electron chi connectivity index (χ1n) is 4.47. The van der Waals surface area contributed by atoms with E-state index in [1.54, 1.807) is 19.2 Å². The Bertz CT molecular complexity index is 327. The summed E-state index contributed by atoms with van der Waals surface area (Å²) in [4.78, 5) is 0. The molecule has 2 rings (SSSR count). The van der Waals surface area contributed by atoms with E-state index in [-0.39, 0.29) is 6.10 Å². The molecule has 0 aromatic heterocycles. The minimum Gasteiger partial charge on any atom is -0.486 e. The van der Waals surface area contributed by atoms with Crippen molar-refractivity contribution in [2.75, 3.05) is 26.1 Å². The molecule has 1 atom stereocenters. The summed E-state index contributed by atoms with van der Waals surface area (Å²) >= 11 is 0. The predicted octanol–water partition coefficient (Wildman–Crippen LogP) is 1.06. The summed E-state index contributed by atoms with van der Waals surface area (Å²) in [5, 5.41) is 0. The number of benzene rings is 1. The molecule has 0 spiro atoms. The van der Waals surface area contributed by atoms with Gasteiger partial charge in [0.25, 0.3) is 0 Å². The van der Waals surface area contributed by atoms with Crippen LogP contribution in [0.5, 0.6) is 11.5 Å². The van der Waals surface area contributed by atoms with E-state index in [1.165, 1.54) is 0 Å². The Morgan fingerprint density at radius 1 is 1.50 bits per heavy atom. The van der Waals surface area contributed by atoms with Crippen LogP contribution in [0.25, 0.3) is 0 Å². The molecule has 4 nitrogen and oxygen atoms in total. The highest BCUT2D eigenvalue weighted by molar-refractivity contribution is 5.52. The molecule has 0 saturated heterocycles. The SMILES string of the molecule is COC[C@@H]1COc2ccc(N)cc2O1. The van der Waals surface area contributed by atoms with E-state index in [0.717, 1.165) is 5.75 Å². The zero-order chi connectivity index (χ0) is 9.97. The monoisotopic (exact) mass is 195 g/mol. The lowest BCUT2D eigenvalue weighted by Gasteiger charge is -2.26. The molecule has 14 heavy (non-hydrogen) atoms. The van der Waals surface area contributed by atoms with Crippen LogP contribution in [0, 0.1) is 0 Å². The van der Waals surface area contributed by atoms with Crippen molar-refractivity contribution >= 4 is 5.69 Å². The second-order valence-electron chi connectivity index (χ2n) is 3.21. The van der Waals surface area contributed by atoms with E-state index in [4.69, 9.17) is 19.9 Å². The average molecular weight is 195 g/mol. The first-order chi connectivity index (χ1) is 6.79. The topological polar surface area (TPSA) is 53.7 Å². The summed E-state index contributed by atoms with van der Waals surface area (Å²) in [5.74, 6) is 1.44. The molecular formula is C10H13NO3. The molecule has 1 aromatic carbocycles. The van der Waals surface area contributed by atoms with Crippen molar-refractivity contribution in [3.63, 3.8) is 0 Å². The fraction of sp³-hybridized carbons (Fsp3) is 0.400. The van der Waals surface area contributed by atoms with Crippen LogP contribution < -0.4 is 15.2 Å². The van der Waals surface area contributed by atoms with Gasteiger partial charge < -0.3 is 19.9 Å². The number of hydrogen-bond acceptors (Lipinski definition) is 4. The Morgan fingerprint density at radius 3 is 3.14 bits per heavy atom. The highest BCUT2D eigenvalue weighted by Gasteiger charge is 2.20. The first-order valence-corrected chi connectivity index (χ1v) is 4.47. The lowest BCUT2D eigenvalue weighted by molar-refractivity contribution is 0.0273. The highest BCUT2D eigenvalue weighted by Crippen LogP contribution is 2.33. The summed E-state index contributed by atoms with van der Waals surface area (Å²) in [6, 6.07) is 5.36. The van der Waals surface area contributed by atoms with Gasteiger partial charge in [-0.25, -0.2) is 0 Å². The number of anilines is 1. The molecule has 0 fully saturated rings. The molecule has 1 heterocycles. The van der Waals surface area contributed by atoms with Crippen LogP contribution >= 0.6 is 0 Å². The van der Waals surface area contributed by atoms with Gasteiger partial charge >= 0.3 is 0 Å². The van der Waals surface area contributed by atoms with Crippen LogP contribution in [-0.2, 0) is 4.74 Å². The fourth-order valence-corrected chi connectivity index (χ4v) is 1.40. The molecule has 0 unspecified atom stereocenters. The van der Waals surface area contributed by atoms with E-state index < -0.39 is 0 Å². The lowest BCUT2D eigenvalue weighted by Crippen LogP contribution is -2.32. The molecule has 1 aromatic rings. The van der Waals surface area contributed by atoms with Gasteiger partial charge in [-0.05, 0) is 12.1 Å². The molecule has 4 heteroatoms. The number of rotatable bonds is 2. The first kappa shape index (κ1) is 9.15.